The van der Waals surface area contributed by atoms with Crippen LogP contribution in [0.3, 0.4) is 0 Å². The van der Waals surface area contributed by atoms with Crippen LogP contribution in [0.5, 0.6) is 0 Å². The average molecular weight is 140 g/mol. The minimum Gasteiger partial charge on any atom is -0.328 e. The summed E-state index contributed by atoms with van der Waals surface area (Å²) in [5, 5.41) is 3.53. The normalized spacial score (nSPS) is 41.7. The van der Waals surface area contributed by atoms with Crippen LogP contribution in [0, 0.1) is 5.92 Å². The average Bonchev–Trinajstić information content (AvgIpc) is 2.68. The van der Waals surface area contributed by atoms with Crippen LogP contribution in [-0.2, 0) is 0 Å². The molecule has 3 N–H and O–H groups in total. The molecular formula is C8H16N2. The van der Waals surface area contributed by atoms with Gasteiger partial charge in [-0.3, -0.25) is 0 Å². The molecule has 10 heavy (non-hydrogen) atoms. The molecule has 0 amide bonds. The molecule has 0 spiro atoms. The van der Waals surface area contributed by atoms with Crippen molar-refractivity contribution >= 4 is 0 Å². The molecule has 0 aromatic heterocycles. The van der Waals surface area contributed by atoms with Crippen molar-refractivity contribution in [2.24, 2.45) is 11.7 Å². The fraction of sp³-hybridized carbons (Fsp3) is 1.00. The van der Waals surface area contributed by atoms with Crippen LogP contribution in [0.4, 0.5) is 0 Å². The molecule has 1 aliphatic carbocycles. The monoisotopic (exact) mass is 140 g/mol. The van der Waals surface area contributed by atoms with Crippen LogP contribution in [0.25, 0.3) is 0 Å². The van der Waals surface area contributed by atoms with Crippen molar-refractivity contribution in [3.63, 3.8) is 0 Å². The second kappa shape index (κ2) is 2.51. The third-order valence-electron chi connectivity index (χ3n) is 2.67. The van der Waals surface area contributed by atoms with Crippen molar-refractivity contribution in [3.8, 4) is 0 Å². The molecule has 1 aliphatic heterocycles. The highest BCUT2D eigenvalue weighted by atomic mass is 15.0. The predicted molar refractivity (Wildman–Crippen MR) is 41.7 cm³/mol. The highest BCUT2D eigenvalue weighted by molar-refractivity contribution is 4.91. The number of rotatable bonds is 1. The van der Waals surface area contributed by atoms with E-state index in [1.807, 2.05) is 0 Å². The Bertz CT molecular complexity index is 120. The lowest BCUT2D eigenvalue weighted by Crippen LogP contribution is -2.44. The number of hydrogen-bond donors (Lipinski definition) is 2. The van der Waals surface area contributed by atoms with E-state index in [9.17, 15) is 0 Å². The summed E-state index contributed by atoms with van der Waals surface area (Å²) in [6.45, 7) is 1.14. The van der Waals surface area contributed by atoms with E-state index in [4.69, 9.17) is 5.73 Å². The quantitative estimate of drug-likeness (QED) is 0.556. The molecule has 2 atom stereocenters. The van der Waals surface area contributed by atoms with Crippen LogP contribution >= 0.6 is 0 Å². The van der Waals surface area contributed by atoms with Crippen molar-refractivity contribution in [3.05, 3.63) is 0 Å². The molecule has 2 rings (SSSR count). The molecule has 1 saturated heterocycles. The van der Waals surface area contributed by atoms with E-state index in [-0.39, 0.29) is 0 Å². The van der Waals surface area contributed by atoms with Gasteiger partial charge < -0.3 is 11.1 Å². The second-order valence-corrected chi connectivity index (χ2v) is 3.68. The lowest BCUT2D eigenvalue weighted by Gasteiger charge is -2.27. The lowest BCUT2D eigenvalue weighted by atomic mass is 9.97. The van der Waals surface area contributed by atoms with E-state index >= 15 is 0 Å². The molecule has 0 aromatic carbocycles. The molecule has 2 fully saturated rings. The van der Waals surface area contributed by atoms with Gasteiger partial charge in [0.15, 0.2) is 0 Å². The maximum absolute atomic E-state index is 5.85. The van der Waals surface area contributed by atoms with Crippen LogP contribution in [-0.4, -0.2) is 18.6 Å². The van der Waals surface area contributed by atoms with Crippen LogP contribution < -0.4 is 11.1 Å². The minimum atomic E-state index is 0.479. The Morgan fingerprint density at radius 3 is 2.60 bits per heavy atom. The van der Waals surface area contributed by atoms with Gasteiger partial charge in [0.1, 0.15) is 0 Å². The van der Waals surface area contributed by atoms with Crippen LogP contribution in [0.15, 0.2) is 0 Å². The molecule has 0 aromatic rings. The van der Waals surface area contributed by atoms with Crippen LogP contribution in [0.2, 0.25) is 0 Å². The van der Waals surface area contributed by atoms with Crippen molar-refractivity contribution in [2.45, 2.75) is 37.8 Å². The second-order valence-electron chi connectivity index (χ2n) is 3.68. The fourth-order valence-electron chi connectivity index (χ4n) is 1.84. The summed E-state index contributed by atoms with van der Waals surface area (Å²) in [5.41, 5.74) is 5.85. The van der Waals surface area contributed by atoms with Crippen molar-refractivity contribution in [2.75, 3.05) is 6.54 Å². The summed E-state index contributed by atoms with van der Waals surface area (Å²) in [6.07, 6.45) is 5.25. The Morgan fingerprint density at radius 2 is 2.00 bits per heavy atom. The molecule has 1 heterocycles. The number of nitrogens with two attached hydrogens (primary N) is 1. The Kier molecular flexibility index (Phi) is 1.66. The molecule has 2 nitrogen and oxygen atoms in total. The Labute approximate surface area is 62.2 Å². The summed E-state index contributed by atoms with van der Waals surface area (Å²) in [7, 11) is 0. The summed E-state index contributed by atoms with van der Waals surface area (Å²) in [4.78, 5) is 0. The first-order valence-corrected chi connectivity index (χ1v) is 4.35. The van der Waals surface area contributed by atoms with E-state index in [0.717, 1.165) is 18.5 Å². The van der Waals surface area contributed by atoms with Crippen molar-refractivity contribution < 1.29 is 0 Å². The molecule has 58 valence electrons. The maximum atomic E-state index is 5.85. The summed E-state index contributed by atoms with van der Waals surface area (Å²) >= 11 is 0. The third-order valence-corrected chi connectivity index (χ3v) is 2.67. The predicted octanol–water partition coefficient (Wildman–Crippen LogP) is 0.476. The van der Waals surface area contributed by atoms with Gasteiger partial charge in [-0.1, -0.05) is 0 Å². The first-order chi connectivity index (χ1) is 4.86. The smallest absolute Gasteiger partial charge is 0.0110 e. The van der Waals surface area contributed by atoms with Gasteiger partial charge >= 0.3 is 0 Å². The molecular weight excluding hydrogens is 124 g/mol. The molecule has 2 aliphatic rings. The third kappa shape index (κ3) is 1.32. The molecule has 2 heteroatoms. The van der Waals surface area contributed by atoms with Gasteiger partial charge in [0.2, 0.25) is 0 Å². The Hall–Kier alpha value is -0.0800. The largest absolute Gasteiger partial charge is 0.328 e. The molecule has 0 radical (unpaired) electrons. The SMILES string of the molecule is N[C@H]1CCN[C@H](C2CC2)C1. The topological polar surface area (TPSA) is 38.0 Å². The first-order valence-electron chi connectivity index (χ1n) is 4.35. The van der Waals surface area contributed by atoms with E-state index in [1.165, 1.54) is 25.7 Å². The molecule has 0 unspecified atom stereocenters. The van der Waals surface area contributed by atoms with Gasteiger partial charge in [0, 0.05) is 12.1 Å². The number of nitrogens with one attached hydrogen (secondary N) is 1. The van der Waals surface area contributed by atoms with Crippen molar-refractivity contribution in [1.82, 2.24) is 5.32 Å². The summed E-state index contributed by atoms with van der Waals surface area (Å²) < 4.78 is 0. The zero-order valence-corrected chi connectivity index (χ0v) is 6.34. The van der Waals surface area contributed by atoms with Gasteiger partial charge in [0.05, 0.1) is 0 Å². The standard InChI is InChI=1S/C8H16N2/c9-7-3-4-10-8(5-7)6-1-2-6/h6-8,10H,1-5,9H2/t7-,8-/m0/s1. The first kappa shape index (κ1) is 6.62. The van der Waals surface area contributed by atoms with Gasteiger partial charge in [-0.15, -0.1) is 0 Å². The number of piperidine rings is 1. The van der Waals surface area contributed by atoms with E-state index in [2.05, 4.69) is 5.32 Å². The summed E-state index contributed by atoms with van der Waals surface area (Å²) in [6, 6.07) is 1.25. The summed E-state index contributed by atoms with van der Waals surface area (Å²) in [5.74, 6) is 0.978. The Balaban J connectivity index is 1.84. The Morgan fingerprint density at radius 1 is 1.20 bits per heavy atom. The van der Waals surface area contributed by atoms with Gasteiger partial charge in [-0.25, -0.2) is 0 Å². The highest BCUT2D eigenvalue weighted by Gasteiger charge is 2.33. The van der Waals surface area contributed by atoms with E-state index in [0.29, 0.717) is 6.04 Å². The zero-order valence-electron chi connectivity index (χ0n) is 6.34. The fourth-order valence-corrected chi connectivity index (χ4v) is 1.84. The highest BCUT2D eigenvalue weighted by Crippen LogP contribution is 2.35. The van der Waals surface area contributed by atoms with E-state index < -0.39 is 0 Å². The van der Waals surface area contributed by atoms with Gasteiger partial charge in [0.25, 0.3) is 0 Å². The molecule has 0 bridgehead atoms. The van der Waals surface area contributed by atoms with Gasteiger partial charge in [-0.2, -0.15) is 0 Å². The van der Waals surface area contributed by atoms with Gasteiger partial charge in [-0.05, 0) is 38.1 Å². The molecule has 1 saturated carbocycles. The maximum Gasteiger partial charge on any atom is 0.0110 e. The van der Waals surface area contributed by atoms with Crippen LogP contribution in [0.1, 0.15) is 25.7 Å². The zero-order chi connectivity index (χ0) is 6.97. The van der Waals surface area contributed by atoms with Crippen molar-refractivity contribution in [1.29, 1.82) is 0 Å². The minimum absolute atomic E-state index is 0.479. The number of hydrogen-bond acceptors (Lipinski definition) is 2. The van der Waals surface area contributed by atoms with E-state index in [1.54, 1.807) is 0 Å². The lowest BCUT2D eigenvalue weighted by molar-refractivity contribution is 0.334.